The van der Waals surface area contributed by atoms with E-state index >= 15 is 0 Å². The second kappa shape index (κ2) is 4.64. The van der Waals surface area contributed by atoms with Gasteiger partial charge in [0.2, 0.25) is 0 Å². The average molecular weight is 267 g/mol. The summed E-state index contributed by atoms with van der Waals surface area (Å²) in [6.45, 7) is 8.02. The number of fused-ring (bicyclic) bond motifs is 3. The fraction of sp³-hybridized carbons (Fsp3) is 0.471. The number of nitrogens with zero attached hydrogens (tertiary/aromatic N) is 2. The average Bonchev–Trinajstić information content (AvgIpc) is 2.77. The SMILES string of the molecule is C[C@@H]1Cc2c([nH]c3ccccc23)CN1CC(C)(C)C#N. The first-order valence-electron chi connectivity index (χ1n) is 7.24. The van der Waals surface area contributed by atoms with Crippen LogP contribution in [0.25, 0.3) is 10.9 Å². The van der Waals surface area contributed by atoms with Crippen molar-refractivity contribution in [3.05, 3.63) is 35.5 Å². The van der Waals surface area contributed by atoms with Crippen LogP contribution >= 0.6 is 0 Å². The van der Waals surface area contributed by atoms with Crippen LogP contribution in [0.1, 0.15) is 32.0 Å². The van der Waals surface area contributed by atoms with Crippen LogP contribution in [0.3, 0.4) is 0 Å². The summed E-state index contributed by atoms with van der Waals surface area (Å²) >= 11 is 0. The van der Waals surface area contributed by atoms with Crippen molar-refractivity contribution >= 4 is 10.9 Å². The molecule has 0 radical (unpaired) electrons. The van der Waals surface area contributed by atoms with Crippen LogP contribution in [-0.4, -0.2) is 22.5 Å². The predicted octanol–water partition coefficient (Wildman–Crippen LogP) is 3.46. The van der Waals surface area contributed by atoms with E-state index in [1.165, 1.54) is 22.2 Å². The molecule has 0 saturated carbocycles. The zero-order valence-electron chi connectivity index (χ0n) is 12.4. The Kier molecular flexibility index (Phi) is 3.07. The zero-order chi connectivity index (χ0) is 14.3. The van der Waals surface area contributed by atoms with Gasteiger partial charge in [-0.1, -0.05) is 18.2 Å². The highest BCUT2D eigenvalue weighted by molar-refractivity contribution is 5.84. The number of hydrogen-bond acceptors (Lipinski definition) is 2. The second-order valence-corrected chi connectivity index (χ2v) is 6.58. The topological polar surface area (TPSA) is 42.8 Å². The maximum atomic E-state index is 9.24. The molecule has 0 bridgehead atoms. The lowest BCUT2D eigenvalue weighted by Gasteiger charge is -2.36. The fourth-order valence-electron chi connectivity index (χ4n) is 3.16. The molecule has 0 aliphatic carbocycles. The number of para-hydroxylation sites is 1. The third-order valence-electron chi connectivity index (χ3n) is 4.29. The standard InChI is InChI=1S/C17H21N3/c1-12-8-14-13-6-4-5-7-15(13)19-16(14)9-20(12)11-17(2,3)10-18/h4-7,12,19H,8-9,11H2,1-3H3/t12-/m1/s1. The summed E-state index contributed by atoms with van der Waals surface area (Å²) in [4.78, 5) is 5.96. The van der Waals surface area contributed by atoms with Gasteiger partial charge < -0.3 is 4.98 Å². The van der Waals surface area contributed by atoms with Gasteiger partial charge in [-0.25, -0.2) is 0 Å². The van der Waals surface area contributed by atoms with Crippen LogP contribution in [0.15, 0.2) is 24.3 Å². The van der Waals surface area contributed by atoms with Crippen molar-refractivity contribution in [3.63, 3.8) is 0 Å². The summed E-state index contributed by atoms with van der Waals surface area (Å²) in [7, 11) is 0. The van der Waals surface area contributed by atoms with Gasteiger partial charge in [-0.05, 0) is 38.8 Å². The molecular weight excluding hydrogens is 246 g/mol. The van der Waals surface area contributed by atoms with E-state index in [1.54, 1.807) is 0 Å². The van der Waals surface area contributed by atoms with Gasteiger partial charge in [0.15, 0.2) is 0 Å². The number of hydrogen-bond donors (Lipinski definition) is 1. The number of aromatic amines is 1. The van der Waals surface area contributed by atoms with Gasteiger partial charge in [0.25, 0.3) is 0 Å². The Morgan fingerprint density at radius 2 is 2.15 bits per heavy atom. The lowest BCUT2D eigenvalue weighted by atomic mass is 9.91. The van der Waals surface area contributed by atoms with E-state index < -0.39 is 0 Å². The van der Waals surface area contributed by atoms with Crippen LogP contribution in [0, 0.1) is 16.7 Å². The number of H-pyrrole nitrogens is 1. The van der Waals surface area contributed by atoms with E-state index in [2.05, 4.69) is 47.1 Å². The van der Waals surface area contributed by atoms with Crippen LogP contribution in [-0.2, 0) is 13.0 Å². The van der Waals surface area contributed by atoms with Gasteiger partial charge in [-0.3, -0.25) is 4.90 Å². The summed E-state index contributed by atoms with van der Waals surface area (Å²) in [6.07, 6.45) is 1.06. The summed E-state index contributed by atoms with van der Waals surface area (Å²) in [5, 5.41) is 10.6. The Bertz CT molecular complexity index is 675. The van der Waals surface area contributed by atoms with E-state index in [-0.39, 0.29) is 5.41 Å². The first-order valence-corrected chi connectivity index (χ1v) is 7.24. The molecule has 3 rings (SSSR count). The van der Waals surface area contributed by atoms with E-state index in [0.29, 0.717) is 6.04 Å². The molecule has 3 nitrogen and oxygen atoms in total. The summed E-state index contributed by atoms with van der Waals surface area (Å²) < 4.78 is 0. The van der Waals surface area contributed by atoms with Gasteiger partial charge in [0.05, 0.1) is 11.5 Å². The molecule has 104 valence electrons. The Hall–Kier alpha value is -1.79. The van der Waals surface area contributed by atoms with Gasteiger partial charge in [-0.2, -0.15) is 5.26 Å². The fourth-order valence-corrected chi connectivity index (χ4v) is 3.16. The van der Waals surface area contributed by atoms with Gasteiger partial charge >= 0.3 is 0 Å². The molecule has 1 N–H and O–H groups in total. The normalized spacial score (nSPS) is 19.8. The summed E-state index contributed by atoms with van der Waals surface area (Å²) in [5.41, 5.74) is 3.71. The van der Waals surface area contributed by atoms with Crippen molar-refractivity contribution < 1.29 is 0 Å². The van der Waals surface area contributed by atoms with Crippen LogP contribution < -0.4 is 0 Å². The predicted molar refractivity (Wildman–Crippen MR) is 81.3 cm³/mol. The van der Waals surface area contributed by atoms with Crippen molar-refractivity contribution in [1.82, 2.24) is 9.88 Å². The minimum Gasteiger partial charge on any atom is -0.357 e. The van der Waals surface area contributed by atoms with Gasteiger partial charge in [-0.15, -0.1) is 0 Å². The molecule has 1 aromatic heterocycles. The van der Waals surface area contributed by atoms with Crippen LogP contribution in [0.2, 0.25) is 0 Å². The van der Waals surface area contributed by atoms with E-state index in [4.69, 9.17) is 0 Å². The zero-order valence-corrected chi connectivity index (χ0v) is 12.4. The summed E-state index contributed by atoms with van der Waals surface area (Å²) in [6, 6.07) is 11.4. The molecule has 2 heterocycles. The van der Waals surface area contributed by atoms with E-state index in [0.717, 1.165) is 19.5 Å². The molecule has 1 aromatic carbocycles. The lowest BCUT2D eigenvalue weighted by molar-refractivity contribution is 0.141. The number of benzene rings is 1. The quantitative estimate of drug-likeness (QED) is 0.905. The molecule has 0 spiro atoms. The maximum Gasteiger partial charge on any atom is 0.0697 e. The minimum absolute atomic E-state index is 0.294. The monoisotopic (exact) mass is 267 g/mol. The van der Waals surface area contributed by atoms with Crippen LogP contribution in [0.5, 0.6) is 0 Å². The maximum absolute atomic E-state index is 9.24. The number of rotatable bonds is 2. The summed E-state index contributed by atoms with van der Waals surface area (Å²) in [5.74, 6) is 0. The second-order valence-electron chi connectivity index (χ2n) is 6.58. The number of nitrogens with one attached hydrogen (secondary N) is 1. The molecule has 2 aromatic rings. The Morgan fingerprint density at radius 3 is 2.90 bits per heavy atom. The molecule has 3 heteroatoms. The van der Waals surface area contributed by atoms with Gasteiger partial charge in [0, 0.05) is 35.7 Å². The van der Waals surface area contributed by atoms with Crippen molar-refractivity contribution in [3.8, 4) is 6.07 Å². The van der Waals surface area contributed by atoms with Crippen molar-refractivity contribution in [2.45, 2.75) is 39.8 Å². The molecule has 1 atom stereocenters. The molecule has 0 amide bonds. The Balaban J connectivity index is 1.93. The Labute approximate surface area is 120 Å². The number of aromatic nitrogens is 1. The third-order valence-corrected chi connectivity index (χ3v) is 4.29. The molecular formula is C17H21N3. The highest BCUT2D eigenvalue weighted by Gasteiger charge is 2.30. The molecule has 0 fully saturated rings. The molecule has 1 aliphatic rings. The third kappa shape index (κ3) is 2.21. The molecule has 0 saturated heterocycles. The highest BCUT2D eigenvalue weighted by atomic mass is 15.2. The first-order chi connectivity index (χ1) is 9.50. The Morgan fingerprint density at radius 1 is 1.40 bits per heavy atom. The smallest absolute Gasteiger partial charge is 0.0697 e. The van der Waals surface area contributed by atoms with E-state index in [1.807, 2.05) is 13.8 Å². The van der Waals surface area contributed by atoms with Crippen molar-refractivity contribution in [2.24, 2.45) is 5.41 Å². The first kappa shape index (κ1) is 13.2. The number of nitriles is 1. The van der Waals surface area contributed by atoms with Crippen molar-refractivity contribution in [1.29, 1.82) is 5.26 Å². The van der Waals surface area contributed by atoms with Crippen LogP contribution in [0.4, 0.5) is 0 Å². The largest absolute Gasteiger partial charge is 0.357 e. The van der Waals surface area contributed by atoms with Gasteiger partial charge in [0.1, 0.15) is 0 Å². The molecule has 0 unspecified atom stereocenters. The molecule has 1 aliphatic heterocycles. The highest BCUT2D eigenvalue weighted by Crippen LogP contribution is 2.31. The molecule has 20 heavy (non-hydrogen) atoms. The van der Waals surface area contributed by atoms with E-state index in [9.17, 15) is 5.26 Å². The lowest BCUT2D eigenvalue weighted by Crippen LogP contribution is -2.43. The minimum atomic E-state index is -0.294. The van der Waals surface area contributed by atoms with Crippen molar-refractivity contribution in [2.75, 3.05) is 6.54 Å².